The third kappa shape index (κ3) is 3.57. The minimum Gasteiger partial charge on any atom is -0.376 e. The predicted octanol–water partition coefficient (Wildman–Crippen LogP) is 2.76. The summed E-state index contributed by atoms with van der Waals surface area (Å²) in [6.07, 6.45) is 3.13. The number of pyridine rings is 2. The molecule has 1 aliphatic heterocycles. The Morgan fingerprint density at radius 1 is 1.15 bits per heavy atom. The van der Waals surface area contributed by atoms with Gasteiger partial charge in [0.25, 0.3) is 5.56 Å². The van der Waals surface area contributed by atoms with E-state index in [1.807, 2.05) is 13.8 Å². The van der Waals surface area contributed by atoms with Gasteiger partial charge in [-0.25, -0.2) is 13.4 Å². The zero-order chi connectivity index (χ0) is 23.3. The van der Waals surface area contributed by atoms with E-state index in [1.165, 1.54) is 21.1 Å². The van der Waals surface area contributed by atoms with Crippen LogP contribution in [0.3, 0.4) is 0 Å². The molecule has 9 heteroatoms. The molecule has 170 valence electrons. The fourth-order valence-electron chi connectivity index (χ4n) is 4.24. The molecule has 1 atom stereocenters. The highest BCUT2D eigenvalue weighted by atomic mass is 32.2. The first-order chi connectivity index (χ1) is 15.8. The summed E-state index contributed by atoms with van der Waals surface area (Å²) >= 11 is 0. The van der Waals surface area contributed by atoms with Gasteiger partial charge < -0.3 is 9.30 Å². The molecule has 4 heterocycles. The minimum atomic E-state index is -4.05. The van der Waals surface area contributed by atoms with Crippen LogP contribution in [0.4, 0.5) is 0 Å². The van der Waals surface area contributed by atoms with Crippen LogP contribution in [-0.2, 0) is 21.1 Å². The maximum atomic E-state index is 13.6. The third-order valence-corrected chi connectivity index (χ3v) is 8.04. The van der Waals surface area contributed by atoms with Crippen LogP contribution in [0.15, 0.2) is 63.2 Å². The molecule has 0 saturated carbocycles. The molecule has 1 fully saturated rings. The number of fused-ring (bicyclic) bond motifs is 2. The van der Waals surface area contributed by atoms with Crippen LogP contribution in [0.2, 0.25) is 0 Å². The Labute approximate surface area is 190 Å². The zero-order valence-electron chi connectivity index (χ0n) is 18.4. The summed E-state index contributed by atoms with van der Waals surface area (Å²) in [5.74, 6) is 0. The van der Waals surface area contributed by atoms with Gasteiger partial charge in [0.1, 0.15) is 21.7 Å². The second kappa shape index (κ2) is 7.93. The lowest BCUT2D eigenvalue weighted by molar-refractivity contribution is 0.0965. The molecule has 1 aromatic carbocycles. The number of benzene rings is 1. The Bertz CT molecular complexity index is 1630. The number of aromatic nitrogens is 3. The molecule has 5 rings (SSSR count). The Hall–Kier alpha value is -3.30. The Morgan fingerprint density at radius 3 is 2.70 bits per heavy atom. The molecule has 3 aromatic heterocycles. The average molecular weight is 465 g/mol. The van der Waals surface area contributed by atoms with Crippen molar-refractivity contribution in [2.75, 3.05) is 6.61 Å². The Balaban J connectivity index is 1.84. The SMILES string of the molecule is Cc1ccc(S(=O)(=O)c2cc3c(=O)n4ccccc4nc3n(C[C@@H]3CCCO3)c2=N)cc1C. The quantitative estimate of drug-likeness (QED) is 0.468. The molecular weight excluding hydrogens is 440 g/mol. The van der Waals surface area contributed by atoms with Crippen LogP contribution >= 0.6 is 0 Å². The summed E-state index contributed by atoms with van der Waals surface area (Å²) in [7, 11) is -4.05. The zero-order valence-corrected chi connectivity index (χ0v) is 19.2. The smallest absolute Gasteiger partial charge is 0.267 e. The van der Waals surface area contributed by atoms with Gasteiger partial charge >= 0.3 is 0 Å². The molecule has 0 aliphatic carbocycles. The monoisotopic (exact) mass is 464 g/mol. The molecule has 0 unspecified atom stereocenters. The standard InChI is InChI=1S/C24H24N4O4S/c1-15-8-9-18(12-16(15)2)33(30,31)20-13-19-23(26-21-7-3-4-10-27(21)24(19)29)28(22(20)25)14-17-6-5-11-32-17/h3-4,7-10,12-13,17,25H,5-6,11,14H2,1-2H3/t17-/m0/s1. The number of nitrogens with zero attached hydrogens (tertiary/aromatic N) is 3. The van der Waals surface area contributed by atoms with Crippen molar-refractivity contribution in [2.24, 2.45) is 0 Å². The summed E-state index contributed by atoms with van der Waals surface area (Å²) in [4.78, 5) is 17.8. The first-order valence-electron chi connectivity index (χ1n) is 10.8. The van der Waals surface area contributed by atoms with E-state index in [-0.39, 0.29) is 44.5 Å². The van der Waals surface area contributed by atoms with Crippen molar-refractivity contribution in [3.8, 4) is 0 Å². The minimum absolute atomic E-state index is 0.0935. The molecule has 0 amide bonds. The molecule has 4 aromatic rings. The summed E-state index contributed by atoms with van der Waals surface area (Å²) in [5.41, 5.74) is 1.94. The number of hydrogen-bond donors (Lipinski definition) is 1. The van der Waals surface area contributed by atoms with Gasteiger partial charge in [-0.1, -0.05) is 12.1 Å². The van der Waals surface area contributed by atoms with E-state index in [9.17, 15) is 13.2 Å². The van der Waals surface area contributed by atoms with Crippen molar-refractivity contribution in [3.05, 3.63) is 75.6 Å². The highest BCUT2D eigenvalue weighted by Gasteiger charge is 2.26. The fourth-order valence-corrected chi connectivity index (χ4v) is 5.71. The second-order valence-electron chi connectivity index (χ2n) is 8.44. The maximum absolute atomic E-state index is 13.6. The molecule has 0 spiro atoms. The molecule has 1 aliphatic rings. The van der Waals surface area contributed by atoms with Crippen LogP contribution < -0.4 is 11.0 Å². The van der Waals surface area contributed by atoms with Gasteiger partial charge in [-0.05, 0) is 68.1 Å². The molecule has 1 N–H and O–H groups in total. The van der Waals surface area contributed by atoms with E-state index >= 15 is 0 Å². The van der Waals surface area contributed by atoms with Gasteiger partial charge in [-0.15, -0.1) is 0 Å². The molecule has 8 nitrogen and oxygen atoms in total. The van der Waals surface area contributed by atoms with Gasteiger partial charge in [0.2, 0.25) is 9.84 Å². The van der Waals surface area contributed by atoms with Crippen molar-refractivity contribution >= 4 is 26.5 Å². The van der Waals surface area contributed by atoms with E-state index in [2.05, 4.69) is 4.98 Å². The van der Waals surface area contributed by atoms with Crippen molar-refractivity contribution < 1.29 is 13.2 Å². The van der Waals surface area contributed by atoms with Crippen molar-refractivity contribution in [2.45, 2.75) is 49.1 Å². The second-order valence-corrected chi connectivity index (χ2v) is 10.4. The average Bonchev–Trinajstić information content (AvgIpc) is 3.31. The summed E-state index contributed by atoms with van der Waals surface area (Å²) < 4.78 is 35.9. The van der Waals surface area contributed by atoms with E-state index in [4.69, 9.17) is 10.1 Å². The molecule has 33 heavy (non-hydrogen) atoms. The first kappa shape index (κ1) is 21.5. The predicted molar refractivity (Wildman–Crippen MR) is 123 cm³/mol. The largest absolute Gasteiger partial charge is 0.376 e. The van der Waals surface area contributed by atoms with Crippen molar-refractivity contribution in [1.29, 1.82) is 5.41 Å². The van der Waals surface area contributed by atoms with Crippen LogP contribution in [0.5, 0.6) is 0 Å². The molecule has 0 bridgehead atoms. The molecular formula is C24H24N4O4S. The summed E-state index contributed by atoms with van der Waals surface area (Å²) in [6, 6.07) is 11.4. The maximum Gasteiger partial charge on any atom is 0.267 e. The first-order valence-corrected chi connectivity index (χ1v) is 12.3. The van der Waals surface area contributed by atoms with Crippen LogP contribution in [-0.4, -0.2) is 35.1 Å². The Kier molecular flexibility index (Phi) is 5.18. The number of ether oxygens (including phenoxy) is 1. The number of aryl methyl sites for hydroxylation is 2. The van der Waals surface area contributed by atoms with E-state index in [0.717, 1.165) is 24.0 Å². The topological polar surface area (TPSA) is 107 Å². The lowest BCUT2D eigenvalue weighted by Gasteiger charge is -2.18. The van der Waals surface area contributed by atoms with E-state index < -0.39 is 9.84 Å². The lowest BCUT2D eigenvalue weighted by atomic mass is 10.1. The number of sulfone groups is 1. The highest BCUT2D eigenvalue weighted by molar-refractivity contribution is 7.91. The van der Waals surface area contributed by atoms with E-state index in [0.29, 0.717) is 12.3 Å². The van der Waals surface area contributed by atoms with Crippen molar-refractivity contribution in [1.82, 2.24) is 14.0 Å². The summed E-state index contributed by atoms with van der Waals surface area (Å²) in [6.45, 7) is 4.62. The van der Waals surface area contributed by atoms with Crippen molar-refractivity contribution in [3.63, 3.8) is 0 Å². The third-order valence-electron chi connectivity index (χ3n) is 6.27. The van der Waals surface area contributed by atoms with E-state index in [1.54, 1.807) is 36.5 Å². The number of rotatable bonds is 4. The molecule has 1 saturated heterocycles. The van der Waals surface area contributed by atoms with Gasteiger partial charge in [-0.3, -0.25) is 14.6 Å². The fraction of sp³-hybridized carbons (Fsp3) is 0.292. The van der Waals surface area contributed by atoms with Gasteiger partial charge in [0, 0.05) is 12.8 Å². The Morgan fingerprint density at radius 2 is 1.97 bits per heavy atom. The highest BCUT2D eigenvalue weighted by Crippen LogP contribution is 2.24. The number of nitrogens with one attached hydrogen (secondary N) is 1. The lowest BCUT2D eigenvalue weighted by Crippen LogP contribution is -2.33. The van der Waals surface area contributed by atoms with Crippen LogP contribution in [0, 0.1) is 19.3 Å². The van der Waals surface area contributed by atoms with Crippen LogP contribution in [0.25, 0.3) is 16.7 Å². The molecule has 0 radical (unpaired) electrons. The van der Waals surface area contributed by atoms with Gasteiger partial charge in [0.15, 0.2) is 0 Å². The van der Waals surface area contributed by atoms with Gasteiger partial charge in [-0.2, -0.15) is 0 Å². The number of hydrogen-bond acceptors (Lipinski definition) is 6. The van der Waals surface area contributed by atoms with Gasteiger partial charge in [0.05, 0.1) is 22.9 Å². The van der Waals surface area contributed by atoms with Crippen LogP contribution in [0.1, 0.15) is 24.0 Å². The summed E-state index contributed by atoms with van der Waals surface area (Å²) in [5, 5.41) is 9.00. The normalized spacial score (nSPS) is 16.6.